The van der Waals surface area contributed by atoms with Crippen LogP contribution in [0.1, 0.15) is 35.8 Å². The Labute approximate surface area is 123 Å². The highest BCUT2D eigenvalue weighted by molar-refractivity contribution is 6.32. The summed E-state index contributed by atoms with van der Waals surface area (Å²) in [7, 11) is 1.38. The van der Waals surface area contributed by atoms with Crippen LogP contribution in [0.25, 0.3) is 10.9 Å². The Balaban J connectivity index is 2.85. The van der Waals surface area contributed by atoms with Gasteiger partial charge in [0, 0.05) is 22.6 Å². The van der Waals surface area contributed by atoms with Crippen LogP contribution in [-0.4, -0.2) is 17.6 Å². The summed E-state index contributed by atoms with van der Waals surface area (Å²) in [6.45, 7) is 7.96. The molecule has 0 amide bonds. The van der Waals surface area contributed by atoms with Crippen LogP contribution in [-0.2, 0) is 11.2 Å². The molecule has 0 saturated heterocycles. The summed E-state index contributed by atoms with van der Waals surface area (Å²) in [5.74, 6) is -0.371. The highest BCUT2D eigenvalue weighted by atomic mass is 35.5. The minimum atomic E-state index is -0.371. The molecule has 0 bridgehead atoms. The lowest BCUT2D eigenvalue weighted by molar-refractivity contribution is 0.0603. The zero-order valence-electron chi connectivity index (χ0n) is 11.9. The molecule has 1 aromatic carbocycles. The summed E-state index contributed by atoms with van der Waals surface area (Å²) in [5, 5.41) is 1.43. The van der Waals surface area contributed by atoms with Crippen LogP contribution in [0, 0.1) is 0 Å². The largest absolute Gasteiger partial charge is 0.465 e. The molecule has 2 aromatic rings. The Morgan fingerprint density at radius 3 is 2.75 bits per heavy atom. The first-order valence-corrected chi connectivity index (χ1v) is 6.89. The fraction of sp³-hybridized carbons (Fsp3) is 0.312. The van der Waals surface area contributed by atoms with E-state index in [4.69, 9.17) is 16.3 Å². The molecule has 0 aliphatic rings. The first kappa shape index (κ1) is 14.7. The van der Waals surface area contributed by atoms with Crippen molar-refractivity contribution in [3.8, 4) is 0 Å². The van der Waals surface area contributed by atoms with Crippen molar-refractivity contribution >= 4 is 28.5 Å². The third-order valence-corrected chi connectivity index (χ3v) is 3.52. The molecular weight excluding hydrogens is 274 g/mol. The number of hydrogen-bond acceptors (Lipinski definition) is 2. The number of aromatic nitrogens is 1. The number of rotatable bonds is 4. The normalized spacial score (nSPS) is 11.1. The molecule has 0 unspecified atom stereocenters. The zero-order valence-corrected chi connectivity index (χ0v) is 12.7. The van der Waals surface area contributed by atoms with Crippen molar-refractivity contribution in [1.82, 2.24) is 4.57 Å². The van der Waals surface area contributed by atoms with Gasteiger partial charge in [-0.2, -0.15) is 0 Å². The number of fused-ring (bicyclic) bond motifs is 1. The SMILES string of the molecule is C=CCc1cn(C(C)C)c2cc(Cl)cc(C(=O)OC)c12. The number of ether oxygens (including phenoxy) is 1. The number of carbonyl (C=O) groups excluding carboxylic acids is 1. The van der Waals surface area contributed by atoms with Crippen LogP contribution in [0.5, 0.6) is 0 Å². The number of nitrogens with zero attached hydrogens (tertiary/aromatic N) is 1. The third-order valence-electron chi connectivity index (χ3n) is 3.30. The average Bonchev–Trinajstić information content (AvgIpc) is 2.76. The van der Waals surface area contributed by atoms with Crippen LogP contribution < -0.4 is 0 Å². The lowest BCUT2D eigenvalue weighted by atomic mass is 10.0. The highest BCUT2D eigenvalue weighted by Gasteiger charge is 2.19. The number of hydrogen-bond donors (Lipinski definition) is 0. The lowest BCUT2D eigenvalue weighted by Crippen LogP contribution is -2.03. The van der Waals surface area contributed by atoms with Gasteiger partial charge in [-0.1, -0.05) is 17.7 Å². The van der Waals surface area contributed by atoms with Crippen molar-refractivity contribution < 1.29 is 9.53 Å². The molecule has 0 saturated carbocycles. The maximum Gasteiger partial charge on any atom is 0.338 e. The average molecular weight is 292 g/mol. The molecular formula is C16H18ClNO2. The van der Waals surface area contributed by atoms with Crippen molar-refractivity contribution in [2.75, 3.05) is 7.11 Å². The molecule has 20 heavy (non-hydrogen) atoms. The maximum absolute atomic E-state index is 12.0. The van der Waals surface area contributed by atoms with E-state index in [9.17, 15) is 4.79 Å². The van der Waals surface area contributed by atoms with E-state index in [0.717, 1.165) is 16.5 Å². The van der Waals surface area contributed by atoms with Crippen molar-refractivity contribution in [2.45, 2.75) is 26.3 Å². The molecule has 0 N–H and O–H groups in total. The summed E-state index contributed by atoms with van der Waals surface area (Å²) in [6, 6.07) is 3.82. The van der Waals surface area contributed by atoms with E-state index < -0.39 is 0 Å². The standard InChI is InChI=1S/C16H18ClNO2/c1-5-6-11-9-18(10(2)3)14-8-12(17)7-13(15(11)14)16(19)20-4/h5,7-10H,1,6H2,2-4H3. The van der Waals surface area contributed by atoms with Gasteiger partial charge in [0.05, 0.1) is 18.2 Å². The molecule has 0 aliphatic heterocycles. The monoisotopic (exact) mass is 291 g/mol. The summed E-state index contributed by atoms with van der Waals surface area (Å²) in [4.78, 5) is 12.0. The molecule has 1 aromatic heterocycles. The van der Waals surface area contributed by atoms with E-state index in [0.29, 0.717) is 17.0 Å². The number of esters is 1. The van der Waals surface area contributed by atoms with Crippen LogP contribution >= 0.6 is 11.6 Å². The molecule has 0 spiro atoms. The third kappa shape index (κ3) is 2.46. The summed E-state index contributed by atoms with van der Waals surface area (Å²) >= 11 is 6.15. The summed E-state index contributed by atoms with van der Waals surface area (Å²) in [5.41, 5.74) is 2.51. The Bertz CT molecular complexity index is 671. The van der Waals surface area contributed by atoms with Crippen LogP contribution in [0.15, 0.2) is 31.0 Å². The molecule has 106 valence electrons. The van der Waals surface area contributed by atoms with Crippen molar-refractivity contribution in [1.29, 1.82) is 0 Å². The van der Waals surface area contributed by atoms with Gasteiger partial charge in [0.2, 0.25) is 0 Å². The fourth-order valence-electron chi connectivity index (χ4n) is 2.44. The zero-order chi connectivity index (χ0) is 14.9. The topological polar surface area (TPSA) is 31.2 Å². The number of methoxy groups -OCH3 is 1. The smallest absolute Gasteiger partial charge is 0.338 e. The van der Waals surface area contributed by atoms with Gasteiger partial charge in [-0.05, 0) is 38.0 Å². The molecule has 0 atom stereocenters. The quantitative estimate of drug-likeness (QED) is 0.618. The van der Waals surface area contributed by atoms with E-state index in [-0.39, 0.29) is 12.0 Å². The second kappa shape index (κ2) is 5.71. The van der Waals surface area contributed by atoms with Gasteiger partial charge in [0.15, 0.2) is 0 Å². The van der Waals surface area contributed by atoms with Crippen molar-refractivity contribution in [3.63, 3.8) is 0 Å². The second-order valence-electron chi connectivity index (χ2n) is 4.99. The molecule has 1 heterocycles. The Morgan fingerprint density at radius 1 is 1.50 bits per heavy atom. The van der Waals surface area contributed by atoms with Gasteiger partial charge in [-0.15, -0.1) is 6.58 Å². The molecule has 4 heteroatoms. The van der Waals surface area contributed by atoms with Crippen LogP contribution in [0.3, 0.4) is 0 Å². The van der Waals surface area contributed by atoms with E-state index in [1.165, 1.54) is 7.11 Å². The van der Waals surface area contributed by atoms with Gasteiger partial charge < -0.3 is 9.30 Å². The van der Waals surface area contributed by atoms with Gasteiger partial charge >= 0.3 is 5.97 Å². The molecule has 0 aliphatic carbocycles. The van der Waals surface area contributed by atoms with E-state index >= 15 is 0 Å². The van der Waals surface area contributed by atoms with E-state index in [1.807, 2.05) is 12.1 Å². The van der Waals surface area contributed by atoms with Crippen molar-refractivity contribution in [3.05, 3.63) is 47.1 Å². The number of carbonyl (C=O) groups is 1. The number of halogens is 1. The first-order valence-electron chi connectivity index (χ1n) is 6.51. The van der Waals surface area contributed by atoms with Gasteiger partial charge in [-0.3, -0.25) is 0 Å². The van der Waals surface area contributed by atoms with Crippen LogP contribution in [0.4, 0.5) is 0 Å². The van der Waals surface area contributed by atoms with Crippen LogP contribution in [0.2, 0.25) is 5.02 Å². The lowest BCUT2D eigenvalue weighted by Gasteiger charge is -2.10. The molecule has 0 radical (unpaired) electrons. The number of benzene rings is 1. The van der Waals surface area contributed by atoms with E-state index in [2.05, 4.69) is 31.2 Å². The second-order valence-corrected chi connectivity index (χ2v) is 5.42. The first-order chi connectivity index (χ1) is 9.49. The molecule has 3 nitrogen and oxygen atoms in total. The minimum Gasteiger partial charge on any atom is -0.465 e. The van der Waals surface area contributed by atoms with Gasteiger partial charge in [-0.25, -0.2) is 4.79 Å². The minimum absolute atomic E-state index is 0.278. The Hall–Kier alpha value is -1.74. The van der Waals surface area contributed by atoms with E-state index in [1.54, 1.807) is 6.07 Å². The summed E-state index contributed by atoms with van der Waals surface area (Å²) in [6.07, 6.45) is 4.58. The fourth-order valence-corrected chi connectivity index (χ4v) is 2.66. The molecule has 2 rings (SSSR count). The summed E-state index contributed by atoms with van der Waals surface area (Å²) < 4.78 is 6.99. The predicted molar refractivity (Wildman–Crippen MR) is 82.6 cm³/mol. The van der Waals surface area contributed by atoms with Gasteiger partial charge in [0.25, 0.3) is 0 Å². The predicted octanol–water partition coefficient (Wildman–Crippen LogP) is 4.39. The highest BCUT2D eigenvalue weighted by Crippen LogP contribution is 2.31. The maximum atomic E-state index is 12.0. The number of allylic oxidation sites excluding steroid dienone is 1. The Morgan fingerprint density at radius 2 is 2.20 bits per heavy atom. The van der Waals surface area contributed by atoms with Crippen molar-refractivity contribution in [2.24, 2.45) is 0 Å². The Kier molecular flexibility index (Phi) is 4.19. The van der Waals surface area contributed by atoms with Gasteiger partial charge in [0.1, 0.15) is 0 Å². The molecule has 0 fully saturated rings.